The highest BCUT2D eigenvalue weighted by Crippen LogP contribution is 1.92. The van der Waals surface area contributed by atoms with E-state index in [-0.39, 0.29) is 12.5 Å². The highest BCUT2D eigenvalue weighted by Gasteiger charge is 2.11. The Balaban J connectivity index is 3.62. The Morgan fingerprint density at radius 1 is 1.40 bits per heavy atom. The van der Waals surface area contributed by atoms with Gasteiger partial charge in [-0.2, -0.15) is 0 Å². The average Bonchev–Trinajstić information content (AvgIpc) is 2.14. The highest BCUT2D eigenvalue weighted by atomic mass is 16.5. The third kappa shape index (κ3) is 8.35. The molecular weight excluding hydrogens is 198 g/mol. The molecule has 0 fully saturated rings. The Hall–Kier alpha value is -0.650. The summed E-state index contributed by atoms with van der Waals surface area (Å²) >= 11 is 0. The predicted molar refractivity (Wildman–Crippen MR) is 56.6 cm³/mol. The number of likely N-dealkylation sites (N-methyl/N-ethyl adjacent to an activating group) is 1. The molecule has 0 aromatic carbocycles. The van der Waals surface area contributed by atoms with Crippen LogP contribution in [0.1, 0.15) is 13.8 Å². The van der Waals surface area contributed by atoms with Crippen LogP contribution in [0.4, 0.5) is 0 Å². The van der Waals surface area contributed by atoms with Gasteiger partial charge in [0.2, 0.25) is 0 Å². The molecule has 15 heavy (non-hydrogen) atoms. The van der Waals surface area contributed by atoms with Crippen LogP contribution >= 0.6 is 0 Å². The van der Waals surface area contributed by atoms with E-state index in [9.17, 15) is 9.90 Å². The number of aliphatic hydroxyl groups is 1. The summed E-state index contributed by atoms with van der Waals surface area (Å²) in [5, 5.41) is 9.47. The van der Waals surface area contributed by atoms with Gasteiger partial charge in [0.05, 0.1) is 25.9 Å². The molecule has 1 N–H and O–H groups in total. The van der Waals surface area contributed by atoms with Gasteiger partial charge in [0, 0.05) is 13.2 Å². The van der Waals surface area contributed by atoms with E-state index in [4.69, 9.17) is 9.47 Å². The molecule has 1 unspecified atom stereocenters. The Labute approximate surface area is 91.0 Å². The summed E-state index contributed by atoms with van der Waals surface area (Å²) in [7, 11) is 1.76. The molecule has 0 radical (unpaired) electrons. The molecule has 0 aliphatic rings. The maximum atomic E-state index is 11.1. The lowest BCUT2D eigenvalue weighted by Gasteiger charge is -2.19. The van der Waals surface area contributed by atoms with Crippen molar-refractivity contribution >= 4 is 5.97 Å². The minimum absolute atomic E-state index is 0.191. The minimum atomic E-state index is -0.565. The lowest BCUT2D eigenvalue weighted by Crippen LogP contribution is -2.36. The molecule has 0 spiro atoms. The fraction of sp³-hybridized carbons (Fsp3) is 0.900. The quantitative estimate of drug-likeness (QED) is 0.577. The molecule has 0 aliphatic heterocycles. The molecule has 5 heteroatoms. The normalized spacial score (nSPS) is 12.9. The summed E-state index contributed by atoms with van der Waals surface area (Å²) in [5.41, 5.74) is 0. The first-order valence-electron chi connectivity index (χ1n) is 5.20. The molecule has 0 saturated heterocycles. The van der Waals surface area contributed by atoms with E-state index in [1.807, 2.05) is 6.92 Å². The fourth-order valence-electron chi connectivity index (χ4n) is 1.16. The smallest absolute Gasteiger partial charge is 0.320 e. The summed E-state index contributed by atoms with van der Waals surface area (Å²) in [6.07, 6.45) is -0.565. The van der Waals surface area contributed by atoms with Gasteiger partial charge in [-0.3, -0.25) is 9.69 Å². The third-order valence-electron chi connectivity index (χ3n) is 1.74. The van der Waals surface area contributed by atoms with Crippen LogP contribution in [0, 0.1) is 0 Å². The molecule has 0 aromatic rings. The van der Waals surface area contributed by atoms with E-state index in [0.717, 1.165) is 0 Å². The maximum absolute atomic E-state index is 11.1. The molecule has 1 atom stereocenters. The number of aliphatic hydroxyl groups excluding tert-OH is 1. The average molecular weight is 219 g/mol. The molecule has 0 amide bonds. The molecule has 0 saturated carbocycles. The fourth-order valence-corrected chi connectivity index (χ4v) is 1.16. The molecule has 0 aromatic heterocycles. The van der Waals surface area contributed by atoms with Crippen LogP contribution in [-0.2, 0) is 14.3 Å². The van der Waals surface area contributed by atoms with Gasteiger partial charge in [-0.15, -0.1) is 0 Å². The van der Waals surface area contributed by atoms with Crippen molar-refractivity contribution in [2.75, 3.05) is 40.0 Å². The van der Waals surface area contributed by atoms with Crippen molar-refractivity contribution in [1.29, 1.82) is 0 Å². The Kier molecular flexibility index (Phi) is 8.27. The molecule has 90 valence electrons. The number of ether oxygens (including phenoxy) is 2. The van der Waals surface area contributed by atoms with Gasteiger partial charge >= 0.3 is 5.97 Å². The Morgan fingerprint density at radius 3 is 2.60 bits per heavy atom. The lowest BCUT2D eigenvalue weighted by atomic mass is 10.3. The zero-order valence-electron chi connectivity index (χ0n) is 9.73. The SMILES string of the molecule is CCOCC(O)CN(C)CC(=O)OCC. The predicted octanol–water partition coefficient (Wildman–Crippen LogP) is -0.121. The number of rotatable bonds is 8. The molecule has 5 nitrogen and oxygen atoms in total. The van der Waals surface area contributed by atoms with E-state index in [1.54, 1.807) is 18.9 Å². The summed E-state index contributed by atoms with van der Waals surface area (Å²) in [4.78, 5) is 12.8. The zero-order chi connectivity index (χ0) is 11.7. The van der Waals surface area contributed by atoms with E-state index < -0.39 is 6.10 Å². The number of hydrogen-bond acceptors (Lipinski definition) is 5. The van der Waals surface area contributed by atoms with Gasteiger partial charge in [-0.25, -0.2) is 0 Å². The second-order valence-corrected chi connectivity index (χ2v) is 3.32. The summed E-state index contributed by atoms with van der Waals surface area (Å²) in [5.74, 6) is -0.274. The van der Waals surface area contributed by atoms with Crippen molar-refractivity contribution < 1.29 is 19.4 Å². The summed E-state index contributed by atoms with van der Waals surface area (Å²) < 4.78 is 9.84. The van der Waals surface area contributed by atoms with Gasteiger partial charge in [0.1, 0.15) is 0 Å². The first kappa shape index (κ1) is 14.3. The number of nitrogens with zero attached hydrogens (tertiary/aromatic N) is 1. The Bertz CT molecular complexity index is 175. The van der Waals surface area contributed by atoms with Crippen LogP contribution in [0.3, 0.4) is 0 Å². The van der Waals surface area contributed by atoms with Crippen molar-refractivity contribution in [2.24, 2.45) is 0 Å². The number of carbonyl (C=O) groups is 1. The van der Waals surface area contributed by atoms with Crippen LogP contribution in [0.2, 0.25) is 0 Å². The van der Waals surface area contributed by atoms with Gasteiger partial charge in [0.15, 0.2) is 0 Å². The van der Waals surface area contributed by atoms with Crippen LogP contribution in [0.15, 0.2) is 0 Å². The van der Waals surface area contributed by atoms with Crippen molar-refractivity contribution in [2.45, 2.75) is 20.0 Å². The van der Waals surface area contributed by atoms with Crippen molar-refractivity contribution in [3.63, 3.8) is 0 Å². The van der Waals surface area contributed by atoms with E-state index in [0.29, 0.717) is 26.4 Å². The van der Waals surface area contributed by atoms with Crippen molar-refractivity contribution in [3.8, 4) is 0 Å². The first-order valence-corrected chi connectivity index (χ1v) is 5.20. The molecule has 0 aliphatic carbocycles. The van der Waals surface area contributed by atoms with E-state index in [2.05, 4.69) is 0 Å². The number of esters is 1. The van der Waals surface area contributed by atoms with Crippen LogP contribution in [0.25, 0.3) is 0 Å². The number of carbonyl (C=O) groups excluding carboxylic acids is 1. The first-order chi connectivity index (χ1) is 7.10. The van der Waals surface area contributed by atoms with Gasteiger partial charge in [-0.1, -0.05) is 0 Å². The summed E-state index contributed by atoms with van der Waals surface area (Å²) in [6, 6.07) is 0. The van der Waals surface area contributed by atoms with Gasteiger partial charge in [-0.05, 0) is 20.9 Å². The van der Waals surface area contributed by atoms with Gasteiger partial charge < -0.3 is 14.6 Å². The van der Waals surface area contributed by atoms with E-state index >= 15 is 0 Å². The molecule has 0 heterocycles. The van der Waals surface area contributed by atoms with Gasteiger partial charge in [0.25, 0.3) is 0 Å². The lowest BCUT2D eigenvalue weighted by molar-refractivity contribution is -0.144. The van der Waals surface area contributed by atoms with E-state index in [1.165, 1.54) is 0 Å². The number of hydrogen-bond donors (Lipinski definition) is 1. The monoisotopic (exact) mass is 219 g/mol. The second kappa shape index (κ2) is 8.64. The summed E-state index contributed by atoms with van der Waals surface area (Å²) in [6.45, 7) is 5.49. The van der Waals surface area contributed by atoms with Crippen molar-refractivity contribution in [3.05, 3.63) is 0 Å². The zero-order valence-corrected chi connectivity index (χ0v) is 9.73. The molecule has 0 bridgehead atoms. The minimum Gasteiger partial charge on any atom is -0.465 e. The standard InChI is InChI=1S/C10H21NO4/c1-4-14-8-9(12)6-11(3)7-10(13)15-5-2/h9,12H,4-8H2,1-3H3. The maximum Gasteiger partial charge on any atom is 0.320 e. The largest absolute Gasteiger partial charge is 0.465 e. The highest BCUT2D eigenvalue weighted by molar-refractivity contribution is 5.71. The second-order valence-electron chi connectivity index (χ2n) is 3.32. The van der Waals surface area contributed by atoms with Crippen LogP contribution in [0.5, 0.6) is 0 Å². The Morgan fingerprint density at radius 2 is 2.07 bits per heavy atom. The molecular formula is C10H21NO4. The van der Waals surface area contributed by atoms with Crippen LogP contribution < -0.4 is 0 Å². The topological polar surface area (TPSA) is 59.0 Å². The van der Waals surface area contributed by atoms with Crippen LogP contribution in [-0.4, -0.2) is 62.0 Å². The molecule has 0 rings (SSSR count). The van der Waals surface area contributed by atoms with Crippen molar-refractivity contribution in [1.82, 2.24) is 4.90 Å². The third-order valence-corrected chi connectivity index (χ3v) is 1.74.